The predicted octanol–water partition coefficient (Wildman–Crippen LogP) is 1.48. The number of aryl methyl sites for hydroxylation is 1. The first kappa shape index (κ1) is 11.0. The van der Waals surface area contributed by atoms with Gasteiger partial charge in [0.15, 0.2) is 5.78 Å². The smallest absolute Gasteiger partial charge is 0.184 e. The van der Waals surface area contributed by atoms with Gasteiger partial charge in [0, 0.05) is 31.2 Å². The van der Waals surface area contributed by atoms with E-state index in [4.69, 9.17) is 0 Å². The van der Waals surface area contributed by atoms with Crippen LogP contribution in [0.2, 0.25) is 0 Å². The van der Waals surface area contributed by atoms with Gasteiger partial charge in [-0.15, -0.1) is 0 Å². The number of hydrogen-bond acceptors (Lipinski definition) is 3. The Morgan fingerprint density at radius 1 is 1.29 bits per heavy atom. The molecule has 2 atom stereocenters. The largest absolute Gasteiger partial charge is 0.300 e. The predicted molar refractivity (Wildman–Crippen MR) is 64.8 cm³/mol. The van der Waals surface area contributed by atoms with Crippen LogP contribution in [0.1, 0.15) is 36.2 Å². The highest BCUT2D eigenvalue weighted by Crippen LogP contribution is 2.38. The fraction of sp³-hybridized carbons (Fsp3) is 0.692. The lowest BCUT2D eigenvalue weighted by atomic mass is 9.86. The Bertz CT molecular complexity index is 426. The second-order valence-electron chi connectivity index (χ2n) is 5.42. The molecule has 0 N–H and O–H groups in total. The highest BCUT2D eigenvalue weighted by molar-refractivity contribution is 5.96. The lowest BCUT2D eigenvalue weighted by Gasteiger charge is -2.35. The Kier molecular flexibility index (Phi) is 2.54. The molecular formula is C13H19N3O. The molecule has 0 aliphatic carbocycles. The van der Waals surface area contributed by atoms with Crippen LogP contribution in [0.25, 0.3) is 0 Å². The van der Waals surface area contributed by atoms with Crippen LogP contribution in [0.15, 0.2) is 12.3 Å². The average Bonchev–Trinajstić information content (AvgIpc) is 2.79. The number of piperidine rings is 1. The van der Waals surface area contributed by atoms with E-state index in [1.165, 1.54) is 12.8 Å². The van der Waals surface area contributed by atoms with Crippen LogP contribution >= 0.6 is 0 Å². The summed E-state index contributed by atoms with van der Waals surface area (Å²) in [7, 11) is 4.05. The number of Topliss-reactive ketones (excluding diaryl/α,β-unsaturated/α-hetero) is 1. The van der Waals surface area contributed by atoms with Crippen LogP contribution < -0.4 is 0 Å². The Morgan fingerprint density at radius 2 is 1.94 bits per heavy atom. The molecule has 17 heavy (non-hydrogen) atoms. The number of aromatic nitrogens is 2. The lowest BCUT2D eigenvalue weighted by molar-refractivity contribution is 0.0758. The molecule has 3 rings (SSSR count). The number of nitrogens with zero attached hydrogens (tertiary/aromatic N) is 3. The average molecular weight is 233 g/mol. The minimum absolute atomic E-state index is 0.207. The van der Waals surface area contributed by atoms with Gasteiger partial charge in [-0.25, -0.2) is 0 Å². The molecule has 2 aliphatic rings. The summed E-state index contributed by atoms with van der Waals surface area (Å²) in [5, 5.41) is 4.09. The number of rotatable bonds is 2. The highest BCUT2D eigenvalue weighted by atomic mass is 16.1. The van der Waals surface area contributed by atoms with E-state index in [1.807, 2.05) is 13.1 Å². The fourth-order valence-electron chi connectivity index (χ4n) is 3.45. The number of ketones is 1. The molecule has 0 radical (unpaired) electrons. The topological polar surface area (TPSA) is 38.1 Å². The lowest BCUT2D eigenvalue weighted by Crippen LogP contribution is -2.42. The molecule has 92 valence electrons. The molecule has 1 aromatic rings. The van der Waals surface area contributed by atoms with Crippen molar-refractivity contribution in [1.82, 2.24) is 14.7 Å². The van der Waals surface area contributed by atoms with Gasteiger partial charge in [-0.1, -0.05) is 0 Å². The van der Waals surface area contributed by atoms with E-state index in [9.17, 15) is 4.79 Å². The van der Waals surface area contributed by atoms with Gasteiger partial charge in [-0.2, -0.15) is 5.10 Å². The van der Waals surface area contributed by atoms with Crippen molar-refractivity contribution in [2.45, 2.75) is 37.8 Å². The second kappa shape index (κ2) is 3.95. The normalized spacial score (nSPS) is 32.9. The van der Waals surface area contributed by atoms with E-state index in [1.54, 1.807) is 10.9 Å². The van der Waals surface area contributed by atoms with Crippen molar-refractivity contribution in [1.29, 1.82) is 0 Å². The van der Waals surface area contributed by atoms with E-state index in [2.05, 4.69) is 17.0 Å². The quantitative estimate of drug-likeness (QED) is 0.726. The Balaban J connectivity index is 1.79. The van der Waals surface area contributed by atoms with Gasteiger partial charge in [-0.3, -0.25) is 9.48 Å². The van der Waals surface area contributed by atoms with Crippen LogP contribution in [-0.4, -0.2) is 39.6 Å². The summed E-state index contributed by atoms with van der Waals surface area (Å²) >= 11 is 0. The number of hydrogen-bond donors (Lipinski definition) is 0. The van der Waals surface area contributed by atoms with Crippen molar-refractivity contribution in [3.63, 3.8) is 0 Å². The molecule has 2 bridgehead atoms. The second-order valence-corrected chi connectivity index (χ2v) is 5.42. The van der Waals surface area contributed by atoms with Crippen molar-refractivity contribution in [2.24, 2.45) is 13.0 Å². The summed E-state index contributed by atoms with van der Waals surface area (Å²) in [5.41, 5.74) is 0.763. The minimum Gasteiger partial charge on any atom is -0.300 e. The SMILES string of the molecule is CN1C2CCC1CC(C(=O)c1ccnn1C)C2. The first-order valence-corrected chi connectivity index (χ1v) is 6.41. The van der Waals surface area contributed by atoms with Crippen molar-refractivity contribution in [3.05, 3.63) is 18.0 Å². The minimum atomic E-state index is 0.207. The molecule has 2 fully saturated rings. The molecule has 4 nitrogen and oxygen atoms in total. The van der Waals surface area contributed by atoms with Gasteiger partial charge in [0.2, 0.25) is 0 Å². The van der Waals surface area contributed by atoms with Crippen LogP contribution in [-0.2, 0) is 7.05 Å². The first-order valence-electron chi connectivity index (χ1n) is 6.41. The van der Waals surface area contributed by atoms with Gasteiger partial charge in [-0.05, 0) is 38.8 Å². The molecule has 2 aliphatic heterocycles. The van der Waals surface area contributed by atoms with Crippen LogP contribution in [0.4, 0.5) is 0 Å². The molecule has 2 unspecified atom stereocenters. The third kappa shape index (κ3) is 1.71. The molecule has 2 saturated heterocycles. The standard InChI is InChI=1S/C13H19N3O/c1-15-10-3-4-11(15)8-9(7-10)13(17)12-5-6-14-16(12)2/h5-6,9-11H,3-4,7-8H2,1-2H3. The van der Waals surface area contributed by atoms with Gasteiger partial charge < -0.3 is 4.90 Å². The zero-order valence-corrected chi connectivity index (χ0v) is 10.5. The molecule has 3 heterocycles. The first-order chi connectivity index (χ1) is 8.16. The van der Waals surface area contributed by atoms with E-state index in [-0.39, 0.29) is 11.7 Å². The summed E-state index contributed by atoms with van der Waals surface area (Å²) in [6.07, 6.45) is 6.28. The van der Waals surface area contributed by atoms with E-state index < -0.39 is 0 Å². The van der Waals surface area contributed by atoms with Gasteiger partial charge in [0.1, 0.15) is 5.69 Å². The highest BCUT2D eigenvalue weighted by Gasteiger charge is 2.41. The van der Waals surface area contributed by atoms with Gasteiger partial charge in [0.25, 0.3) is 0 Å². The molecule has 1 aromatic heterocycles. The summed E-state index contributed by atoms with van der Waals surface area (Å²) in [4.78, 5) is 14.9. The third-order valence-electron chi connectivity index (χ3n) is 4.54. The molecule has 0 saturated carbocycles. The maximum absolute atomic E-state index is 12.4. The maximum Gasteiger partial charge on any atom is 0.184 e. The monoisotopic (exact) mass is 233 g/mol. The fourth-order valence-corrected chi connectivity index (χ4v) is 3.45. The zero-order valence-electron chi connectivity index (χ0n) is 10.5. The summed E-state index contributed by atoms with van der Waals surface area (Å²) in [5.74, 6) is 0.495. The number of carbonyl (C=O) groups excluding carboxylic acids is 1. The van der Waals surface area contributed by atoms with E-state index in [0.717, 1.165) is 18.5 Å². The van der Waals surface area contributed by atoms with Crippen molar-refractivity contribution in [2.75, 3.05) is 7.05 Å². The molecule has 0 amide bonds. The Labute approximate surface area is 102 Å². The molecule has 0 aromatic carbocycles. The van der Waals surface area contributed by atoms with Crippen molar-refractivity contribution < 1.29 is 4.79 Å². The summed E-state index contributed by atoms with van der Waals surface area (Å²) in [6, 6.07) is 3.08. The van der Waals surface area contributed by atoms with Crippen LogP contribution in [0.5, 0.6) is 0 Å². The van der Waals surface area contributed by atoms with Crippen LogP contribution in [0, 0.1) is 5.92 Å². The van der Waals surface area contributed by atoms with Gasteiger partial charge in [0.05, 0.1) is 0 Å². The van der Waals surface area contributed by atoms with Crippen molar-refractivity contribution in [3.8, 4) is 0 Å². The number of fused-ring (bicyclic) bond motifs is 2. The maximum atomic E-state index is 12.4. The molecule has 0 spiro atoms. The summed E-state index contributed by atoms with van der Waals surface area (Å²) < 4.78 is 1.70. The Hall–Kier alpha value is -1.16. The number of carbonyl (C=O) groups is 1. The third-order valence-corrected chi connectivity index (χ3v) is 4.54. The zero-order chi connectivity index (χ0) is 12.0. The van der Waals surface area contributed by atoms with Crippen molar-refractivity contribution >= 4 is 5.78 Å². The molecular weight excluding hydrogens is 214 g/mol. The molecule has 4 heteroatoms. The van der Waals surface area contributed by atoms with Crippen LogP contribution in [0.3, 0.4) is 0 Å². The Morgan fingerprint density at radius 3 is 2.47 bits per heavy atom. The summed E-state index contributed by atoms with van der Waals surface area (Å²) in [6.45, 7) is 0. The van der Waals surface area contributed by atoms with E-state index >= 15 is 0 Å². The van der Waals surface area contributed by atoms with Gasteiger partial charge >= 0.3 is 0 Å². The van der Waals surface area contributed by atoms with E-state index in [0.29, 0.717) is 12.1 Å².